The van der Waals surface area contributed by atoms with Gasteiger partial charge in [0.1, 0.15) is 6.04 Å². The van der Waals surface area contributed by atoms with Gasteiger partial charge in [0.15, 0.2) is 5.69 Å². The number of carboxylic acid groups (broad SMARTS) is 1. The van der Waals surface area contributed by atoms with Gasteiger partial charge in [0, 0.05) is 13.2 Å². The first kappa shape index (κ1) is 13.8. The predicted octanol–water partition coefficient (Wildman–Crippen LogP) is 1.42. The lowest BCUT2D eigenvalue weighted by atomic mass is 10.2. The van der Waals surface area contributed by atoms with Crippen LogP contribution in [0.25, 0.3) is 5.69 Å². The van der Waals surface area contributed by atoms with Crippen LogP contribution in [0.2, 0.25) is 0 Å². The molecule has 0 aliphatic rings. The molecule has 20 heavy (non-hydrogen) atoms. The van der Waals surface area contributed by atoms with Gasteiger partial charge in [-0.15, -0.1) is 0 Å². The van der Waals surface area contributed by atoms with Crippen molar-refractivity contribution >= 4 is 11.9 Å². The molecule has 1 heterocycles. The summed E-state index contributed by atoms with van der Waals surface area (Å²) in [6, 6.07) is 10.0. The van der Waals surface area contributed by atoms with E-state index in [2.05, 4.69) is 5.10 Å². The molecule has 1 aromatic heterocycles. The number of aliphatic carboxylic acids is 1. The maximum Gasteiger partial charge on any atom is 0.326 e. The zero-order valence-corrected chi connectivity index (χ0v) is 11.2. The number of likely N-dealkylation sites (N-methyl/N-ethyl adjacent to an activating group) is 1. The summed E-state index contributed by atoms with van der Waals surface area (Å²) in [6.07, 6.45) is 1.67. The minimum absolute atomic E-state index is 0.212. The molecular weight excluding hydrogens is 258 g/mol. The third-order valence-electron chi connectivity index (χ3n) is 3.09. The number of para-hydroxylation sites is 1. The van der Waals surface area contributed by atoms with Crippen molar-refractivity contribution in [1.82, 2.24) is 14.7 Å². The molecule has 6 heteroatoms. The minimum Gasteiger partial charge on any atom is -0.480 e. The van der Waals surface area contributed by atoms with Crippen molar-refractivity contribution < 1.29 is 14.7 Å². The number of hydrogen-bond acceptors (Lipinski definition) is 3. The molecule has 0 saturated carbocycles. The summed E-state index contributed by atoms with van der Waals surface area (Å²) >= 11 is 0. The average molecular weight is 273 g/mol. The van der Waals surface area contributed by atoms with Crippen LogP contribution in [0, 0.1) is 0 Å². The van der Waals surface area contributed by atoms with E-state index in [0.29, 0.717) is 0 Å². The van der Waals surface area contributed by atoms with Crippen LogP contribution >= 0.6 is 0 Å². The zero-order valence-electron chi connectivity index (χ0n) is 11.2. The quantitative estimate of drug-likeness (QED) is 0.914. The molecule has 1 atom stereocenters. The lowest BCUT2D eigenvalue weighted by Crippen LogP contribution is -2.40. The maximum atomic E-state index is 12.1. The van der Waals surface area contributed by atoms with Gasteiger partial charge in [0.25, 0.3) is 5.91 Å². The Labute approximate surface area is 116 Å². The predicted molar refractivity (Wildman–Crippen MR) is 72.8 cm³/mol. The number of rotatable bonds is 4. The van der Waals surface area contributed by atoms with Gasteiger partial charge in [0.05, 0.1) is 5.69 Å². The van der Waals surface area contributed by atoms with Gasteiger partial charge in [-0.3, -0.25) is 4.79 Å². The Morgan fingerprint density at radius 2 is 1.90 bits per heavy atom. The summed E-state index contributed by atoms with van der Waals surface area (Å²) in [4.78, 5) is 24.2. The number of carbonyl (C=O) groups is 2. The van der Waals surface area contributed by atoms with Crippen molar-refractivity contribution in [2.45, 2.75) is 13.0 Å². The van der Waals surface area contributed by atoms with E-state index in [4.69, 9.17) is 5.11 Å². The third kappa shape index (κ3) is 2.69. The highest BCUT2D eigenvalue weighted by atomic mass is 16.4. The fraction of sp³-hybridized carbons (Fsp3) is 0.214. The van der Waals surface area contributed by atoms with Crippen molar-refractivity contribution in [3.8, 4) is 5.69 Å². The lowest BCUT2D eigenvalue weighted by Gasteiger charge is -2.20. The SMILES string of the molecule is CC(C(=O)O)N(C)C(=O)c1ccn(-c2ccccc2)n1. The van der Waals surface area contributed by atoms with Crippen LogP contribution in [0.3, 0.4) is 0 Å². The Morgan fingerprint density at radius 1 is 1.25 bits per heavy atom. The molecule has 0 radical (unpaired) electrons. The molecular formula is C14H15N3O3. The second-order valence-electron chi connectivity index (χ2n) is 4.41. The Bertz CT molecular complexity index is 622. The van der Waals surface area contributed by atoms with E-state index < -0.39 is 17.9 Å². The lowest BCUT2D eigenvalue weighted by molar-refractivity contribution is -0.141. The molecule has 1 amide bonds. The van der Waals surface area contributed by atoms with E-state index in [1.54, 1.807) is 16.9 Å². The highest BCUT2D eigenvalue weighted by Gasteiger charge is 2.24. The van der Waals surface area contributed by atoms with Crippen molar-refractivity contribution in [2.24, 2.45) is 0 Å². The van der Waals surface area contributed by atoms with E-state index >= 15 is 0 Å². The molecule has 104 valence electrons. The van der Waals surface area contributed by atoms with E-state index in [0.717, 1.165) is 10.6 Å². The number of aromatic nitrogens is 2. The summed E-state index contributed by atoms with van der Waals surface area (Å²) < 4.78 is 1.58. The molecule has 2 aromatic rings. The van der Waals surface area contributed by atoms with Crippen LogP contribution in [0.1, 0.15) is 17.4 Å². The topological polar surface area (TPSA) is 75.4 Å². The summed E-state index contributed by atoms with van der Waals surface area (Å²) in [7, 11) is 1.45. The van der Waals surface area contributed by atoms with Crippen LogP contribution in [0.4, 0.5) is 0 Å². The third-order valence-corrected chi connectivity index (χ3v) is 3.09. The van der Waals surface area contributed by atoms with Gasteiger partial charge in [-0.05, 0) is 25.1 Å². The van der Waals surface area contributed by atoms with Crippen LogP contribution in [0.15, 0.2) is 42.6 Å². The van der Waals surface area contributed by atoms with E-state index in [1.165, 1.54) is 14.0 Å². The Morgan fingerprint density at radius 3 is 2.50 bits per heavy atom. The van der Waals surface area contributed by atoms with Gasteiger partial charge in [0.2, 0.25) is 0 Å². The van der Waals surface area contributed by atoms with Crippen molar-refractivity contribution in [1.29, 1.82) is 0 Å². The number of benzene rings is 1. The normalized spacial score (nSPS) is 11.9. The molecule has 6 nitrogen and oxygen atoms in total. The monoisotopic (exact) mass is 273 g/mol. The first-order valence-corrected chi connectivity index (χ1v) is 6.12. The molecule has 0 bridgehead atoms. The fourth-order valence-electron chi connectivity index (χ4n) is 1.68. The molecule has 0 spiro atoms. The summed E-state index contributed by atoms with van der Waals surface area (Å²) in [6.45, 7) is 1.45. The fourth-order valence-corrected chi connectivity index (χ4v) is 1.68. The molecule has 0 fully saturated rings. The molecule has 0 aliphatic carbocycles. The largest absolute Gasteiger partial charge is 0.480 e. The van der Waals surface area contributed by atoms with Gasteiger partial charge < -0.3 is 10.0 Å². The second-order valence-corrected chi connectivity index (χ2v) is 4.41. The van der Waals surface area contributed by atoms with Gasteiger partial charge in [-0.25, -0.2) is 9.48 Å². The van der Waals surface area contributed by atoms with Crippen LogP contribution < -0.4 is 0 Å². The number of hydrogen-bond donors (Lipinski definition) is 1. The zero-order chi connectivity index (χ0) is 14.7. The molecule has 0 aliphatic heterocycles. The molecule has 1 aromatic carbocycles. The average Bonchev–Trinajstić information content (AvgIpc) is 2.95. The summed E-state index contributed by atoms with van der Waals surface area (Å²) in [5, 5.41) is 13.1. The van der Waals surface area contributed by atoms with Gasteiger partial charge >= 0.3 is 5.97 Å². The van der Waals surface area contributed by atoms with Crippen molar-refractivity contribution in [3.05, 3.63) is 48.3 Å². The van der Waals surface area contributed by atoms with Crippen molar-refractivity contribution in [2.75, 3.05) is 7.05 Å². The van der Waals surface area contributed by atoms with Gasteiger partial charge in [-0.2, -0.15) is 5.10 Å². The number of amides is 1. The number of carboxylic acids is 1. The van der Waals surface area contributed by atoms with Crippen molar-refractivity contribution in [3.63, 3.8) is 0 Å². The highest BCUT2D eigenvalue weighted by Crippen LogP contribution is 2.09. The van der Waals surface area contributed by atoms with E-state index in [1.807, 2.05) is 30.3 Å². The maximum absolute atomic E-state index is 12.1. The molecule has 1 N–H and O–H groups in total. The first-order valence-electron chi connectivity index (χ1n) is 6.12. The Kier molecular flexibility index (Phi) is 3.84. The number of carbonyl (C=O) groups excluding carboxylic acids is 1. The summed E-state index contributed by atoms with van der Waals surface area (Å²) in [5.41, 5.74) is 1.05. The minimum atomic E-state index is -1.05. The second kappa shape index (κ2) is 5.56. The van der Waals surface area contributed by atoms with E-state index in [-0.39, 0.29) is 5.69 Å². The summed E-state index contributed by atoms with van der Waals surface area (Å²) in [5.74, 6) is -1.47. The Hall–Kier alpha value is -2.63. The first-order chi connectivity index (χ1) is 9.50. The smallest absolute Gasteiger partial charge is 0.326 e. The molecule has 0 saturated heterocycles. The molecule has 2 rings (SSSR count). The van der Waals surface area contributed by atoms with Crippen LogP contribution in [-0.2, 0) is 4.79 Å². The van der Waals surface area contributed by atoms with Crippen LogP contribution in [-0.4, -0.2) is 44.8 Å². The van der Waals surface area contributed by atoms with E-state index in [9.17, 15) is 9.59 Å². The Balaban J connectivity index is 2.21. The molecule has 1 unspecified atom stereocenters. The van der Waals surface area contributed by atoms with Gasteiger partial charge in [-0.1, -0.05) is 18.2 Å². The highest BCUT2D eigenvalue weighted by molar-refractivity contribution is 5.94. The number of nitrogens with zero attached hydrogens (tertiary/aromatic N) is 3. The standard InChI is InChI=1S/C14H15N3O3/c1-10(14(19)20)16(2)13(18)12-8-9-17(15-12)11-6-4-3-5-7-11/h3-10H,1-2H3,(H,19,20). The van der Waals surface area contributed by atoms with Crippen LogP contribution in [0.5, 0.6) is 0 Å².